The molecule has 0 atom stereocenters. The highest BCUT2D eigenvalue weighted by atomic mass is 16.5. The van der Waals surface area contributed by atoms with Gasteiger partial charge in [0.25, 0.3) is 0 Å². The first-order chi connectivity index (χ1) is 6.74. The lowest BCUT2D eigenvalue weighted by Crippen LogP contribution is -2.32. The van der Waals surface area contributed by atoms with Gasteiger partial charge in [-0.2, -0.15) is 5.26 Å². The predicted molar refractivity (Wildman–Crippen MR) is 53.6 cm³/mol. The Morgan fingerprint density at radius 3 is 2.64 bits per heavy atom. The molecule has 0 radical (unpaired) electrons. The molecule has 0 aromatic carbocycles. The number of carbonyl (C=O) groups is 1. The maximum Gasteiger partial charge on any atom is 0.320 e. The molecule has 0 N–H and O–H groups in total. The average molecular weight is 198 g/mol. The van der Waals surface area contributed by atoms with Gasteiger partial charge < -0.3 is 4.74 Å². The highest BCUT2D eigenvalue weighted by Crippen LogP contribution is 1.94. The number of ether oxygens (including phenoxy) is 1. The summed E-state index contributed by atoms with van der Waals surface area (Å²) in [6.07, 6.45) is 1.43. The fraction of sp³-hybridized carbons (Fsp3) is 0.800. The Morgan fingerprint density at radius 1 is 1.43 bits per heavy atom. The van der Waals surface area contributed by atoms with E-state index in [2.05, 4.69) is 6.07 Å². The minimum Gasteiger partial charge on any atom is -0.465 e. The second-order valence-electron chi connectivity index (χ2n) is 2.99. The van der Waals surface area contributed by atoms with Gasteiger partial charge in [0.2, 0.25) is 0 Å². The van der Waals surface area contributed by atoms with Crippen molar-refractivity contribution < 1.29 is 9.53 Å². The summed E-state index contributed by atoms with van der Waals surface area (Å²) in [5.74, 6) is -0.209. The summed E-state index contributed by atoms with van der Waals surface area (Å²) >= 11 is 0. The van der Waals surface area contributed by atoms with Gasteiger partial charge in [-0.15, -0.1) is 0 Å². The number of nitrogens with zero attached hydrogens (tertiary/aromatic N) is 2. The van der Waals surface area contributed by atoms with Crippen LogP contribution in [0.1, 0.15) is 26.7 Å². The Balaban J connectivity index is 3.83. The minimum atomic E-state index is -0.209. The zero-order valence-corrected chi connectivity index (χ0v) is 8.95. The lowest BCUT2D eigenvalue weighted by atomic mass is 10.3. The summed E-state index contributed by atoms with van der Waals surface area (Å²) in [6.45, 7) is 6.02. The largest absolute Gasteiger partial charge is 0.465 e. The monoisotopic (exact) mass is 198 g/mol. The van der Waals surface area contributed by atoms with Crippen molar-refractivity contribution in [2.45, 2.75) is 26.7 Å². The molecule has 0 amide bonds. The first kappa shape index (κ1) is 12.9. The van der Waals surface area contributed by atoms with Crippen LogP contribution in [0.15, 0.2) is 0 Å². The smallest absolute Gasteiger partial charge is 0.320 e. The van der Waals surface area contributed by atoms with Crippen molar-refractivity contribution in [1.82, 2.24) is 4.90 Å². The topological polar surface area (TPSA) is 53.3 Å². The third kappa shape index (κ3) is 6.44. The van der Waals surface area contributed by atoms with Gasteiger partial charge in [-0.3, -0.25) is 9.69 Å². The van der Waals surface area contributed by atoms with Crippen molar-refractivity contribution in [3.05, 3.63) is 0 Å². The zero-order chi connectivity index (χ0) is 10.8. The highest BCUT2D eigenvalue weighted by Gasteiger charge is 2.09. The molecule has 0 rings (SSSR count). The maximum absolute atomic E-state index is 11.1. The number of carbonyl (C=O) groups excluding carboxylic acids is 1. The second-order valence-corrected chi connectivity index (χ2v) is 2.99. The normalized spacial score (nSPS) is 9.86. The molecule has 0 fully saturated rings. The molecule has 0 heterocycles. The van der Waals surface area contributed by atoms with Crippen molar-refractivity contribution in [2.24, 2.45) is 0 Å². The summed E-state index contributed by atoms with van der Waals surface area (Å²) in [6, 6.07) is 2.07. The van der Waals surface area contributed by atoms with Crippen molar-refractivity contribution in [1.29, 1.82) is 5.26 Å². The van der Waals surface area contributed by atoms with Gasteiger partial charge in [0.1, 0.15) is 0 Å². The van der Waals surface area contributed by atoms with Crippen molar-refractivity contribution in [3.63, 3.8) is 0 Å². The lowest BCUT2D eigenvalue weighted by Gasteiger charge is -2.18. The summed E-state index contributed by atoms with van der Waals surface area (Å²) in [4.78, 5) is 13.1. The molecule has 0 saturated carbocycles. The Morgan fingerprint density at radius 2 is 2.14 bits per heavy atom. The van der Waals surface area contributed by atoms with Crippen LogP contribution >= 0.6 is 0 Å². The Labute approximate surface area is 85.5 Å². The van der Waals surface area contributed by atoms with Gasteiger partial charge >= 0.3 is 5.97 Å². The van der Waals surface area contributed by atoms with Gasteiger partial charge in [0.15, 0.2) is 0 Å². The third-order valence-electron chi connectivity index (χ3n) is 1.74. The summed E-state index contributed by atoms with van der Waals surface area (Å²) < 4.78 is 4.84. The van der Waals surface area contributed by atoms with Gasteiger partial charge in [0, 0.05) is 13.0 Å². The van der Waals surface area contributed by atoms with Gasteiger partial charge in [-0.1, -0.05) is 6.92 Å². The summed E-state index contributed by atoms with van der Waals surface area (Å²) in [5, 5.41) is 8.43. The van der Waals surface area contributed by atoms with Crippen LogP contribution in [-0.4, -0.2) is 37.1 Å². The number of esters is 1. The quantitative estimate of drug-likeness (QED) is 0.576. The van der Waals surface area contributed by atoms with Crippen LogP contribution < -0.4 is 0 Å². The molecule has 80 valence electrons. The van der Waals surface area contributed by atoms with Gasteiger partial charge in [-0.05, 0) is 19.9 Å². The zero-order valence-electron chi connectivity index (χ0n) is 8.95. The predicted octanol–water partition coefficient (Wildman–Crippen LogP) is 1.18. The van der Waals surface area contributed by atoms with E-state index in [1.54, 1.807) is 6.92 Å². The van der Waals surface area contributed by atoms with E-state index in [0.29, 0.717) is 26.1 Å². The molecule has 0 unspecified atom stereocenters. The molecule has 0 aliphatic carbocycles. The molecule has 0 aromatic rings. The molecule has 0 aliphatic heterocycles. The second kappa shape index (κ2) is 8.52. The van der Waals surface area contributed by atoms with E-state index in [-0.39, 0.29) is 5.97 Å². The van der Waals surface area contributed by atoms with Crippen molar-refractivity contribution in [3.8, 4) is 6.07 Å². The van der Waals surface area contributed by atoms with E-state index < -0.39 is 0 Å². The van der Waals surface area contributed by atoms with Crippen molar-refractivity contribution >= 4 is 5.97 Å². The number of rotatable bonds is 7. The van der Waals surface area contributed by atoms with E-state index >= 15 is 0 Å². The minimum absolute atomic E-state index is 0.209. The third-order valence-corrected chi connectivity index (χ3v) is 1.74. The first-order valence-electron chi connectivity index (χ1n) is 4.99. The van der Waals surface area contributed by atoms with E-state index in [4.69, 9.17) is 10.00 Å². The molecular formula is C10H18N2O2. The van der Waals surface area contributed by atoms with E-state index in [9.17, 15) is 4.79 Å². The lowest BCUT2D eigenvalue weighted by molar-refractivity contribution is -0.144. The molecule has 0 spiro atoms. The molecule has 4 heteroatoms. The Hall–Kier alpha value is -1.08. The van der Waals surface area contributed by atoms with Crippen LogP contribution in [0.4, 0.5) is 0 Å². The molecule has 14 heavy (non-hydrogen) atoms. The average Bonchev–Trinajstić information content (AvgIpc) is 2.15. The van der Waals surface area contributed by atoms with Crippen LogP contribution in [0.25, 0.3) is 0 Å². The van der Waals surface area contributed by atoms with Crippen molar-refractivity contribution in [2.75, 3.05) is 26.2 Å². The summed E-state index contributed by atoms with van der Waals surface area (Å²) in [7, 11) is 0. The fourth-order valence-electron chi connectivity index (χ4n) is 1.18. The Kier molecular flexibility index (Phi) is 7.86. The Bertz CT molecular complexity index is 199. The summed E-state index contributed by atoms with van der Waals surface area (Å²) in [5.41, 5.74) is 0. The number of nitriles is 1. The first-order valence-corrected chi connectivity index (χ1v) is 4.99. The highest BCUT2D eigenvalue weighted by molar-refractivity contribution is 5.71. The van der Waals surface area contributed by atoms with Crippen LogP contribution in [0.2, 0.25) is 0 Å². The van der Waals surface area contributed by atoms with E-state index in [1.165, 1.54) is 0 Å². The molecule has 0 bridgehead atoms. The number of hydrogen-bond donors (Lipinski definition) is 0. The number of hydrogen-bond acceptors (Lipinski definition) is 4. The van der Waals surface area contributed by atoms with E-state index in [1.807, 2.05) is 11.8 Å². The van der Waals surface area contributed by atoms with Crippen LogP contribution in [-0.2, 0) is 9.53 Å². The van der Waals surface area contributed by atoms with Gasteiger partial charge in [0.05, 0.1) is 19.2 Å². The molecule has 0 aliphatic rings. The van der Waals surface area contributed by atoms with Crippen LogP contribution in [0, 0.1) is 11.3 Å². The van der Waals surface area contributed by atoms with Crippen LogP contribution in [0.5, 0.6) is 0 Å². The SMILES string of the molecule is CCCN(CCC#N)CC(=O)OCC. The van der Waals surface area contributed by atoms with Crippen LogP contribution in [0.3, 0.4) is 0 Å². The molecule has 4 nitrogen and oxygen atoms in total. The van der Waals surface area contributed by atoms with Gasteiger partial charge in [-0.25, -0.2) is 0 Å². The maximum atomic E-state index is 11.1. The molecular weight excluding hydrogens is 180 g/mol. The molecule has 0 aromatic heterocycles. The molecule has 0 saturated heterocycles. The fourth-order valence-corrected chi connectivity index (χ4v) is 1.18. The standard InChI is InChI=1S/C10H18N2O2/c1-3-7-12(8-5-6-11)9-10(13)14-4-2/h3-5,7-9H2,1-2H3. The van der Waals surface area contributed by atoms with E-state index in [0.717, 1.165) is 13.0 Å².